The molecule has 2 atom stereocenters. The second-order valence-corrected chi connectivity index (χ2v) is 10.5. The molecular formula is C27H21Cl2N3O6S. The Morgan fingerprint density at radius 2 is 1.97 bits per heavy atom. The molecule has 200 valence electrons. The Labute approximate surface area is 237 Å². The van der Waals surface area contributed by atoms with Crippen LogP contribution in [0, 0.1) is 10.1 Å². The fraction of sp³-hybridized carbons (Fsp3) is 0.185. The fourth-order valence-corrected chi connectivity index (χ4v) is 5.84. The molecule has 5 rings (SSSR count). The summed E-state index contributed by atoms with van der Waals surface area (Å²) in [7, 11) is 0. The predicted octanol–water partition coefficient (Wildman–Crippen LogP) is 6.82. The number of amidine groups is 1. The lowest BCUT2D eigenvalue weighted by Gasteiger charge is -2.36. The van der Waals surface area contributed by atoms with Crippen molar-refractivity contribution in [1.82, 2.24) is 4.90 Å². The molecule has 39 heavy (non-hydrogen) atoms. The van der Waals surface area contributed by atoms with E-state index in [-0.39, 0.29) is 12.3 Å². The minimum Gasteiger partial charge on any atom is -0.463 e. The highest BCUT2D eigenvalue weighted by Gasteiger charge is 2.45. The Morgan fingerprint density at radius 1 is 1.23 bits per heavy atom. The highest BCUT2D eigenvalue weighted by Crippen LogP contribution is 2.47. The molecule has 1 fully saturated rings. The van der Waals surface area contributed by atoms with Crippen LogP contribution in [0.2, 0.25) is 10.0 Å². The number of aliphatic hydroxyl groups excluding tert-OH is 1. The molecule has 0 radical (unpaired) electrons. The summed E-state index contributed by atoms with van der Waals surface area (Å²) in [5.74, 6) is 0.217. The van der Waals surface area contributed by atoms with Crippen molar-refractivity contribution in [2.75, 3.05) is 6.61 Å². The third-order valence-corrected chi connectivity index (χ3v) is 7.80. The molecule has 3 aromatic rings. The summed E-state index contributed by atoms with van der Waals surface area (Å²) in [6.45, 7) is 3.65. The van der Waals surface area contributed by atoms with Crippen LogP contribution in [0.3, 0.4) is 0 Å². The number of carbonyl (C=O) groups excluding carboxylic acids is 1. The van der Waals surface area contributed by atoms with Crippen LogP contribution in [-0.4, -0.2) is 38.9 Å². The summed E-state index contributed by atoms with van der Waals surface area (Å²) in [6.07, 6.45) is 0.505. The van der Waals surface area contributed by atoms with Crippen molar-refractivity contribution in [2.45, 2.75) is 26.1 Å². The van der Waals surface area contributed by atoms with E-state index in [4.69, 9.17) is 32.4 Å². The van der Waals surface area contributed by atoms with Gasteiger partial charge in [0, 0.05) is 27.6 Å². The van der Waals surface area contributed by atoms with Crippen LogP contribution in [-0.2, 0) is 9.53 Å². The number of ether oxygens (including phenoxy) is 1. The molecule has 0 saturated carbocycles. The third-order valence-electron chi connectivity index (χ3n) is 6.17. The van der Waals surface area contributed by atoms with Gasteiger partial charge >= 0.3 is 5.97 Å². The summed E-state index contributed by atoms with van der Waals surface area (Å²) in [6, 6.07) is 13.8. The largest absolute Gasteiger partial charge is 0.463 e. The number of aliphatic imine (C=N–C) groups is 1. The van der Waals surface area contributed by atoms with Gasteiger partial charge in [-0.05, 0) is 55.8 Å². The van der Waals surface area contributed by atoms with E-state index >= 15 is 0 Å². The quantitative estimate of drug-likeness (QED) is 0.190. The molecule has 0 spiro atoms. The maximum atomic E-state index is 13.0. The van der Waals surface area contributed by atoms with E-state index in [1.165, 1.54) is 30.0 Å². The topological polar surface area (TPSA) is 118 Å². The molecular weight excluding hydrogens is 565 g/mol. The van der Waals surface area contributed by atoms with Gasteiger partial charge in [0.25, 0.3) is 5.69 Å². The minimum absolute atomic E-state index is 0.115. The summed E-state index contributed by atoms with van der Waals surface area (Å²) in [4.78, 5) is 30.4. The van der Waals surface area contributed by atoms with Crippen LogP contribution >= 0.6 is 35.0 Å². The molecule has 1 saturated heterocycles. The zero-order chi connectivity index (χ0) is 27.8. The van der Waals surface area contributed by atoms with Crippen molar-refractivity contribution in [1.29, 1.82) is 0 Å². The number of non-ortho nitro benzene ring substituents is 1. The number of fused-ring (bicyclic) bond motifs is 1. The van der Waals surface area contributed by atoms with E-state index < -0.39 is 23.2 Å². The zero-order valence-electron chi connectivity index (χ0n) is 20.6. The van der Waals surface area contributed by atoms with Crippen LogP contribution in [0.25, 0.3) is 17.4 Å². The van der Waals surface area contributed by atoms with Crippen molar-refractivity contribution in [3.8, 4) is 11.3 Å². The number of hydrogen-bond donors (Lipinski definition) is 1. The Kier molecular flexibility index (Phi) is 7.55. The number of esters is 1. The number of rotatable bonds is 6. The van der Waals surface area contributed by atoms with Crippen molar-refractivity contribution in [3.63, 3.8) is 0 Å². The maximum Gasteiger partial charge on any atom is 0.338 e. The highest BCUT2D eigenvalue weighted by atomic mass is 35.5. The molecule has 0 unspecified atom stereocenters. The SMILES string of the molecule is CCOC(=O)C1=C(C)N=C2S/C(=C\c3ccc(-c4cc([N+](=O)[O-])ccc4Cl)o3)[C@@H](O)N2[C@@H]1c1ccc(Cl)cc1. The molecule has 0 amide bonds. The van der Waals surface area contributed by atoms with Crippen molar-refractivity contribution < 1.29 is 24.0 Å². The Morgan fingerprint density at radius 3 is 2.67 bits per heavy atom. The number of hydrogen-bond acceptors (Lipinski definition) is 9. The number of nitro benzene ring substituents is 1. The number of allylic oxidation sites excluding steroid dienone is 1. The monoisotopic (exact) mass is 585 g/mol. The fourth-order valence-electron chi connectivity index (χ4n) is 4.40. The van der Waals surface area contributed by atoms with E-state index in [0.29, 0.717) is 48.5 Å². The van der Waals surface area contributed by atoms with Gasteiger partial charge in [0.15, 0.2) is 11.4 Å². The lowest BCUT2D eigenvalue weighted by atomic mass is 9.94. The molecule has 1 N–H and O–H groups in total. The number of aliphatic hydroxyl groups is 1. The van der Waals surface area contributed by atoms with Gasteiger partial charge < -0.3 is 19.2 Å². The van der Waals surface area contributed by atoms with Gasteiger partial charge in [-0.2, -0.15) is 0 Å². The molecule has 2 aliphatic rings. The van der Waals surface area contributed by atoms with E-state index in [1.807, 2.05) is 0 Å². The number of halogens is 2. The second kappa shape index (κ2) is 10.9. The normalized spacial score (nSPS) is 19.8. The van der Waals surface area contributed by atoms with E-state index in [2.05, 4.69) is 4.99 Å². The highest BCUT2D eigenvalue weighted by molar-refractivity contribution is 8.17. The first-order valence-electron chi connectivity index (χ1n) is 11.8. The standard InChI is InChI=1S/C27H21Cl2N3O6S/c1-3-37-26(34)23-14(2)30-27-31(24(23)15-4-6-16(28)7-5-15)25(33)22(39-27)13-18-9-11-21(38-18)19-12-17(32(35)36)8-10-20(19)29/h4-13,24-25,33H,3H2,1-2H3/b22-13-/t24-,25-/m1/s1. The summed E-state index contributed by atoms with van der Waals surface area (Å²) >= 11 is 13.6. The number of benzene rings is 2. The van der Waals surface area contributed by atoms with Gasteiger partial charge in [0.1, 0.15) is 11.5 Å². The number of nitrogens with zero attached hydrogens (tertiary/aromatic N) is 3. The molecule has 2 aliphatic heterocycles. The van der Waals surface area contributed by atoms with Crippen LogP contribution in [0.15, 0.2) is 80.2 Å². The van der Waals surface area contributed by atoms with Crippen molar-refractivity contribution in [3.05, 3.63) is 102 Å². The molecule has 2 aromatic carbocycles. The molecule has 1 aromatic heterocycles. The first-order valence-corrected chi connectivity index (χ1v) is 13.4. The third kappa shape index (κ3) is 5.20. The van der Waals surface area contributed by atoms with Gasteiger partial charge in [-0.1, -0.05) is 47.1 Å². The van der Waals surface area contributed by atoms with E-state index in [1.54, 1.807) is 61.2 Å². The average molecular weight is 586 g/mol. The second-order valence-electron chi connectivity index (χ2n) is 8.62. The van der Waals surface area contributed by atoms with Crippen LogP contribution in [0.4, 0.5) is 5.69 Å². The molecule has 0 bridgehead atoms. The first-order chi connectivity index (χ1) is 18.7. The maximum absolute atomic E-state index is 13.0. The summed E-state index contributed by atoms with van der Waals surface area (Å²) < 4.78 is 11.2. The molecule has 9 nitrogen and oxygen atoms in total. The zero-order valence-corrected chi connectivity index (χ0v) is 23.0. The van der Waals surface area contributed by atoms with Crippen molar-refractivity contribution in [2.24, 2.45) is 4.99 Å². The summed E-state index contributed by atoms with van der Waals surface area (Å²) in [5.41, 5.74) is 1.80. The number of furan rings is 1. The van der Waals surface area contributed by atoms with Crippen LogP contribution < -0.4 is 0 Å². The Bertz CT molecular complexity index is 1560. The number of nitro groups is 1. The molecule has 0 aliphatic carbocycles. The Hall–Kier alpha value is -3.57. The van der Waals surface area contributed by atoms with E-state index in [9.17, 15) is 20.0 Å². The lowest BCUT2D eigenvalue weighted by molar-refractivity contribution is -0.384. The van der Waals surface area contributed by atoms with Crippen molar-refractivity contribution >= 4 is 57.9 Å². The van der Waals surface area contributed by atoms with Gasteiger partial charge in [0.2, 0.25) is 0 Å². The summed E-state index contributed by atoms with van der Waals surface area (Å²) in [5, 5.41) is 24.0. The van der Waals surface area contributed by atoms with Crippen LogP contribution in [0.1, 0.15) is 31.2 Å². The lowest BCUT2D eigenvalue weighted by Crippen LogP contribution is -2.41. The van der Waals surface area contributed by atoms with Gasteiger partial charge in [-0.3, -0.25) is 10.1 Å². The smallest absolute Gasteiger partial charge is 0.338 e. The molecule has 3 heterocycles. The van der Waals surface area contributed by atoms with Gasteiger partial charge in [-0.15, -0.1) is 0 Å². The number of thioether (sulfide) groups is 1. The average Bonchev–Trinajstić information content (AvgIpc) is 3.48. The number of carbonyl (C=O) groups is 1. The molecule has 12 heteroatoms. The first kappa shape index (κ1) is 27.0. The van der Waals surface area contributed by atoms with Crippen LogP contribution in [0.5, 0.6) is 0 Å². The minimum atomic E-state index is -1.15. The van der Waals surface area contributed by atoms with Gasteiger partial charge in [0.05, 0.1) is 33.9 Å². The predicted molar refractivity (Wildman–Crippen MR) is 150 cm³/mol. The van der Waals surface area contributed by atoms with E-state index in [0.717, 1.165) is 5.56 Å². The van der Waals surface area contributed by atoms with Gasteiger partial charge in [-0.25, -0.2) is 9.79 Å². The Balaban J connectivity index is 1.51.